The summed E-state index contributed by atoms with van der Waals surface area (Å²) < 4.78 is 12.1. The lowest BCUT2D eigenvalue weighted by Crippen LogP contribution is -2.39. The molecule has 0 atom stereocenters. The molecule has 0 spiro atoms. The van der Waals surface area contributed by atoms with E-state index in [1.807, 2.05) is 45.9 Å². The second-order valence-electron chi connectivity index (χ2n) is 4.90. The van der Waals surface area contributed by atoms with Crippen LogP contribution in [-0.4, -0.2) is 13.2 Å². The van der Waals surface area contributed by atoms with Crippen LogP contribution in [0.15, 0.2) is 54.6 Å². The van der Waals surface area contributed by atoms with Gasteiger partial charge in [0.15, 0.2) is 0 Å². The summed E-state index contributed by atoms with van der Waals surface area (Å²) in [5.74, 6) is -0.743. The monoisotopic (exact) mass is 314 g/mol. The van der Waals surface area contributed by atoms with Crippen LogP contribution in [0.4, 0.5) is 0 Å². The van der Waals surface area contributed by atoms with Crippen molar-refractivity contribution in [1.29, 1.82) is 0 Å². The van der Waals surface area contributed by atoms with E-state index in [0.29, 0.717) is 0 Å². The van der Waals surface area contributed by atoms with Gasteiger partial charge in [-0.15, -0.1) is 0 Å². The molecule has 0 unspecified atom stereocenters. The minimum atomic E-state index is -0.743. The minimum Gasteiger partial charge on any atom is -0.342 e. The van der Waals surface area contributed by atoms with Gasteiger partial charge < -0.3 is 9.47 Å². The zero-order valence-corrected chi connectivity index (χ0v) is 15.1. The van der Waals surface area contributed by atoms with Crippen molar-refractivity contribution in [3.63, 3.8) is 0 Å². The number of ether oxygens (including phenoxy) is 2. The molecule has 1 saturated heterocycles. The molecule has 1 fully saturated rings. The first-order valence-electron chi connectivity index (χ1n) is 8.72. The quantitative estimate of drug-likeness (QED) is 0.709. The van der Waals surface area contributed by atoms with Crippen molar-refractivity contribution in [2.24, 2.45) is 0 Å². The summed E-state index contributed by atoms with van der Waals surface area (Å²) in [4.78, 5) is 0. The van der Waals surface area contributed by atoms with Crippen LogP contribution < -0.4 is 0 Å². The van der Waals surface area contributed by atoms with Crippen LogP contribution in [0.5, 0.6) is 0 Å². The molecule has 2 nitrogen and oxygen atoms in total. The Kier molecular flexibility index (Phi) is 8.60. The first kappa shape index (κ1) is 19.4. The van der Waals surface area contributed by atoms with Crippen LogP contribution in [0.2, 0.25) is 0 Å². The van der Waals surface area contributed by atoms with Crippen LogP contribution in [0, 0.1) is 6.92 Å². The van der Waals surface area contributed by atoms with Gasteiger partial charge in [-0.2, -0.15) is 0 Å². The normalized spacial score (nSPS) is 15.5. The van der Waals surface area contributed by atoms with Crippen LogP contribution >= 0.6 is 0 Å². The van der Waals surface area contributed by atoms with E-state index in [9.17, 15) is 0 Å². The molecule has 0 aliphatic carbocycles. The summed E-state index contributed by atoms with van der Waals surface area (Å²) in [6, 6.07) is 18.6. The fourth-order valence-electron chi connectivity index (χ4n) is 2.46. The van der Waals surface area contributed by atoms with Gasteiger partial charge >= 0.3 is 0 Å². The van der Waals surface area contributed by atoms with Gasteiger partial charge in [-0.05, 0) is 13.3 Å². The van der Waals surface area contributed by atoms with Crippen molar-refractivity contribution < 1.29 is 9.47 Å². The fraction of sp³-hybridized carbons (Fsp3) is 0.429. The van der Waals surface area contributed by atoms with Gasteiger partial charge in [0.2, 0.25) is 5.79 Å². The Morgan fingerprint density at radius 2 is 1.17 bits per heavy atom. The van der Waals surface area contributed by atoms with E-state index in [1.165, 1.54) is 5.56 Å². The number of hydrogen-bond acceptors (Lipinski definition) is 2. The summed E-state index contributed by atoms with van der Waals surface area (Å²) in [5, 5.41) is 0. The summed E-state index contributed by atoms with van der Waals surface area (Å²) in [7, 11) is 0. The van der Waals surface area contributed by atoms with Crippen molar-refractivity contribution in [3.8, 4) is 0 Å². The van der Waals surface area contributed by atoms with Gasteiger partial charge in [0.05, 0.1) is 13.2 Å². The molecule has 3 rings (SSSR count). The van der Waals surface area contributed by atoms with E-state index in [1.54, 1.807) is 0 Å². The van der Waals surface area contributed by atoms with E-state index in [-0.39, 0.29) is 0 Å². The number of rotatable bonds is 2. The highest BCUT2D eigenvalue weighted by molar-refractivity contribution is 5.35. The van der Waals surface area contributed by atoms with Gasteiger partial charge in [0.25, 0.3) is 0 Å². The molecule has 0 aromatic heterocycles. The predicted octanol–water partition coefficient (Wildman–Crippen LogP) is 5.69. The molecule has 2 heteroatoms. The Morgan fingerprint density at radius 3 is 1.70 bits per heavy atom. The summed E-state index contributed by atoms with van der Waals surface area (Å²) >= 11 is 0. The largest absolute Gasteiger partial charge is 0.342 e. The molecule has 1 heterocycles. The maximum atomic E-state index is 6.06. The average Bonchev–Trinajstić information content (AvgIpc) is 2.67. The second kappa shape index (κ2) is 10.2. The first-order chi connectivity index (χ1) is 11.3. The minimum absolute atomic E-state index is 0.725. The molecule has 2 aromatic rings. The average molecular weight is 314 g/mol. The van der Waals surface area contributed by atoms with Gasteiger partial charge in [-0.1, -0.05) is 87.9 Å². The van der Waals surface area contributed by atoms with Crippen LogP contribution in [-0.2, 0) is 15.3 Å². The van der Waals surface area contributed by atoms with Gasteiger partial charge in [-0.3, -0.25) is 0 Å². The Labute approximate surface area is 141 Å². The molecular weight excluding hydrogens is 284 g/mol. The highest BCUT2D eigenvalue weighted by Crippen LogP contribution is 2.37. The van der Waals surface area contributed by atoms with Crippen molar-refractivity contribution in [1.82, 2.24) is 0 Å². The highest BCUT2D eigenvalue weighted by atomic mass is 16.7. The molecule has 1 aliphatic rings. The maximum Gasteiger partial charge on any atom is 0.222 e. The van der Waals surface area contributed by atoms with E-state index in [0.717, 1.165) is 30.8 Å². The molecule has 126 valence electrons. The summed E-state index contributed by atoms with van der Waals surface area (Å²) in [5.41, 5.74) is 3.35. The van der Waals surface area contributed by atoms with Crippen molar-refractivity contribution >= 4 is 0 Å². The lowest BCUT2D eigenvalue weighted by atomic mass is 9.95. The summed E-state index contributed by atoms with van der Waals surface area (Å²) in [6.07, 6.45) is 0.945. The second-order valence-corrected chi connectivity index (χ2v) is 4.90. The Bertz CT molecular complexity index is 526. The molecule has 1 aliphatic heterocycles. The number of benzene rings is 2. The summed E-state index contributed by atoms with van der Waals surface area (Å²) in [6.45, 7) is 11.5. The molecular formula is C21H30O2. The Balaban J connectivity index is 0.000000615. The highest BCUT2D eigenvalue weighted by Gasteiger charge is 2.38. The molecule has 0 amide bonds. The van der Waals surface area contributed by atoms with E-state index >= 15 is 0 Å². The van der Waals surface area contributed by atoms with Crippen LogP contribution in [0.25, 0.3) is 0 Å². The van der Waals surface area contributed by atoms with Crippen LogP contribution in [0.3, 0.4) is 0 Å². The Hall–Kier alpha value is -1.64. The van der Waals surface area contributed by atoms with Crippen molar-refractivity contribution in [2.45, 2.75) is 46.8 Å². The van der Waals surface area contributed by atoms with Crippen LogP contribution in [0.1, 0.15) is 50.8 Å². The van der Waals surface area contributed by atoms with Crippen molar-refractivity contribution in [3.05, 3.63) is 71.3 Å². The molecule has 0 radical (unpaired) electrons. The Morgan fingerprint density at radius 1 is 0.696 bits per heavy atom. The fourth-order valence-corrected chi connectivity index (χ4v) is 2.46. The zero-order chi connectivity index (χ0) is 17.1. The molecule has 0 bridgehead atoms. The first-order valence-corrected chi connectivity index (χ1v) is 8.72. The number of aryl methyl sites for hydroxylation is 1. The zero-order valence-electron chi connectivity index (χ0n) is 15.1. The van der Waals surface area contributed by atoms with Gasteiger partial charge in [-0.25, -0.2) is 0 Å². The van der Waals surface area contributed by atoms with E-state index < -0.39 is 5.79 Å². The van der Waals surface area contributed by atoms with E-state index in [4.69, 9.17) is 9.47 Å². The lowest BCUT2D eigenvalue weighted by molar-refractivity contribution is -0.249. The third-order valence-electron chi connectivity index (χ3n) is 3.48. The third-order valence-corrected chi connectivity index (χ3v) is 3.48. The molecule has 0 N–H and O–H groups in total. The SMILES string of the molecule is CC.CC.Cc1ccc(C2(c3ccccc3)OCCCO2)cc1. The van der Waals surface area contributed by atoms with E-state index in [2.05, 4.69) is 43.3 Å². The predicted molar refractivity (Wildman–Crippen MR) is 97.6 cm³/mol. The smallest absolute Gasteiger partial charge is 0.222 e. The third kappa shape index (κ3) is 4.66. The van der Waals surface area contributed by atoms with Gasteiger partial charge in [0.1, 0.15) is 0 Å². The molecule has 2 aromatic carbocycles. The molecule has 0 saturated carbocycles. The lowest BCUT2D eigenvalue weighted by Gasteiger charge is -2.38. The van der Waals surface area contributed by atoms with Gasteiger partial charge in [0, 0.05) is 11.1 Å². The number of hydrogen-bond donors (Lipinski definition) is 0. The van der Waals surface area contributed by atoms with Crippen molar-refractivity contribution in [2.75, 3.05) is 13.2 Å². The standard InChI is InChI=1S/C17H18O2.2C2H6/c1-14-8-10-16(11-9-14)17(18-12-5-13-19-17)15-6-3-2-4-7-15;2*1-2/h2-4,6-11H,5,12-13H2,1H3;2*1-2H3. The topological polar surface area (TPSA) is 18.5 Å². The maximum absolute atomic E-state index is 6.06. The molecule has 23 heavy (non-hydrogen) atoms.